The van der Waals surface area contributed by atoms with E-state index in [-0.39, 0.29) is 0 Å². The average molecular weight is 422 g/mol. The molecule has 0 saturated carbocycles. The SMILES string of the molecule is c1ccc(-c2nc(-n3c4ccccc4c4cc5ccccc5cc43)c3cccnc3n2)cc1. The normalized spacial score (nSPS) is 11.6. The first-order chi connectivity index (χ1) is 16.4. The molecule has 0 unspecified atom stereocenters. The van der Waals surface area contributed by atoms with Crippen molar-refractivity contribution in [2.45, 2.75) is 0 Å². The zero-order valence-electron chi connectivity index (χ0n) is 17.7. The van der Waals surface area contributed by atoms with Gasteiger partial charge in [-0.25, -0.2) is 15.0 Å². The largest absolute Gasteiger partial charge is 0.293 e. The molecule has 4 nitrogen and oxygen atoms in total. The molecule has 0 amide bonds. The molecule has 0 fully saturated rings. The summed E-state index contributed by atoms with van der Waals surface area (Å²) >= 11 is 0. The Morgan fingerprint density at radius 2 is 1.27 bits per heavy atom. The fraction of sp³-hybridized carbons (Fsp3) is 0. The summed E-state index contributed by atoms with van der Waals surface area (Å²) in [6, 6.07) is 35.6. The van der Waals surface area contributed by atoms with Crippen LogP contribution in [-0.4, -0.2) is 19.5 Å². The first kappa shape index (κ1) is 18.0. The summed E-state index contributed by atoms with van der Waals surface area (Å²) in [4.78, 5) is 14.5. The standard InChI is InChI=1S/C29H18N4/c1-2-9-19(10-3-1)27-31-28-23(14-8-16-30-28)29(32-27)33-25-15-7-6-13-22(25)24-17-20-11-4-5-12-21(20)18-26(24)33/h1-18H. The third kappa shape index (κ3) is 2.74. The third-order valence-electron chi connectivity index (χ3n) is 6.24. The van der Waals surface area contributed by atoms with Crippen LogP contribution in [0, 0.1) is 0 Å². The van der Waals surface area contributed by atoms with Crippen LogP contribution in [-0.2, 0) is 0 Å². The molecule has 0 N–H and O–H groups in total. The van der Waals surface area contributed by atoms with Gasteiger partial charge in [0.15, 0.2) is 17.3 Å². The van der Waals surface area contributed by atoms with E-state index in [4.69, 9.17) is 9.97 Å². The van der Waals surface area contributed by atoms with E-state index in [9.17, 15) is 0 Å². The highest BCUT2D eigenvalue weighted by Gasteiger charge is 2.18. The van der Waals surface area contributed by atoms with E-state index in [2.05, 4.69) is 70.2 Å². The van der Waals surface area contributed by atoms with Crippen molar-refractivity contribution in [1.29, 1.82) is 0 Å². The fourth-order valence-corrected chi connectivity index (χ4v) is 4.72. The Morgan fingerprint density at radius 3 is 2.15 bits per heavy atom. The van der Waals surface area contributed by atoms with Gasteiger partial charge in [0.2, 0.25) is 0 Å². The first-order valence-electron chi connectivity index (χ1n) is 11.0. The Hall–Kier alpha value is -4.57. The van der Waals surface area contributed by atoms with Crippen molar-refractivity contribution in [1.82, 2.24) is 19.5 Å². The van der Waals surface area contributed by atoms with Crippen LogP contribution in [0.25, 0.3) is 60.8 Å². The summed E-state index contributed by atoms with van der Waals surface area (Å²) in [5.41, 5.74) is 3.90. The van der Waals surface area contributed by atoms with Gasteiger partial charge in [-0.05, 0) is 41.1 Å². The molecule has 4 heteroatoms. The Balaban J connectivity index is 1.66. The van der Waals surface area contributed by atoms with Crippen LogP contribution in [0.3, 0.4) is 0 Å². The van der Waals surface area contributed by atoms with Gasteiger partial charge in [-0.2, -0.15) is 0 Å². The predicted octanol–water partition coefficient (Wildman–Crippen LogP) is 6.94. The topological polar surface area (TPSA) is 43.6 Å². The number of fused-ring (bicyclic) bond motifs is 5. The zero-order chi connectivity index (χ0) is 21.8. The van der Waals surface area contributed by atoms with Gasteiger partial charge in [0, 0.05) is 22.5 Å². The van der Waals surface area contributed by atoms with Crippen LogP contribution in [0.4, 0.5) is 0 Å². The molecule has 0 aliphatic heterocycles. The zero-order valence-corrected chi connectivity index (χ0v) is 17.7. The molecule has 7 rings (SSSR count). The number of rotatable bonds is 2. The molecule has 3 heterocycles. The van der Waals surface area contributed by atoms with E-state index < -0.39 is 0 Å². The lowest BCUT2D eigenvalue weighted by Gasteiger charge is -2.12. The van der Waals surface area contributed by atoms with Gasteiger partial charge in [0.25, 0.3) is 0 Å². The lowest BCUT2D eigenvalue weighted by Crippen LogP contribution is -2.03. The Bertz CT molecular complexity index is 1820. The van der Waals surface area contributed by atoms with Crippen molar-refractivity contribution >= 4 is 43.6 Å². The highest BCUT2D eigenvalue weighted by atomic mass is 15.1. The maximum atomic E-state index is 5.11. The maximum absolute atomic E-state index is 5.11. The quantitative estimate of drug-likeness (QED) is 0.303. The molecule has 7 aromatic rings. The van der Waals surface area contributed by atoms with Crippen LogP contribution in [0.1, 0.15) is 0 Å². The van der Waals surface area contributed by atoms with E-state index >= 15 is 0 Å². The number of para-hydroxylation sites is 1. The summed E-state index contributed by atoms with van der Waals surface area (Å²) in [7, 11) is 0. The number of aromatic nitrogens is 4. The van der Waals surface area contributed by atoms with Crippen molar-refractivity contribution in [3.05, 3.63) is 109 Å². The number of hydrogen-bond donors (Lipinski definition) is 0. The highest BCUT2D eigenvalue weighted by Crippen LogP contribution is 2.36. The van der Waals surface area contributed by atoms with Gasteiger partial charge < -0.3 is 0 Å². The smallest absolute Gasteiger partial charge is 0.165 e. The molecule has 33 heavy (non-hydrogen) atoms. The van der Waals surface area contributed by atoms with Crippen LogP contribution in [0.5, 0.6) is 0 Å². The molecule has 0 aliphatic carbocycles. The summed E-state index contributed by atoms with van der Waals surface area (Å²) in [5.74, 6) is 1.51. The van der Waals surface area contributed by atoms with E-state index in [0.29, 0.717) is 11.5 Å². The number of benzene rings is 4. The van der Waals surface area contributed by atoms with Crippen molar-refractivity contribution in [2.75, 3.05) is 0 Å². The second kappa shape index (κ2) is 6.97. The van der Waals surface area contributed by atoms with Crippen molar-refractivity contribution in [3.63, 3.8) is 0 Å². The molecule has 0 aliphatic rings. The van der Waals surface area contributed by atoms with Crippen LogP contribution in [0.15, 0.2) is 109 Å². The van der Waals surface area contributed by atoms with Crippen molar-refractivity contribution in [3.8, 4) is 17.2 Å². The second-order valence-electron chi connectivity index (χ2n) is 8.18. The van der Waals surface area contributed by atoms with Crippen LogP contribution >= 0.6 is 0 Å². The minimum Gasteiger partial charge on any atom is -0.293 e. The van der Waals surface area contributed by atoms with Crippen LogP contribution < -0.4 is 0 Å². The Labute approximate surface area is 189 Å². The Morgan fingerprint density at radius 1 is 0.545 bits per heavy atom. The van der Waals surface area contributed by atoms with Gasteiger partial charge >= 0.3 is 0 Å². The molecule has 0 radical (unpaired) electrons. The lowest BCUT2D eigenvalue weighted by atomic mass is 10.1. The minimum atomic E-state index is 0.670. The Kier molecular flexibility index (Phi) is 3.81. The van der Waals surface area contributed by atoms with Gasteiger partial charge in [0.05, 0.1) is 16.4 Å². The monoisotopic (exact) mass is 422 g/mol. The average Bonchev–Trinajstić information content (AvgIpc) is 3.20. The van der Waals surface area contributed by atoms with Crippen LogP contribution in [0.2, 0.25) is 0 Å². The third-order valence-corrected chi connectivity index (χ3v) is 6.24. The molecular formula is C29H18N4. The summed E-state index contributed by atoms with van der Waals surface area (Å²) in [6.07, 6.45) is 1.78. The molecule has 0 saturated heterocycles. The molecule has 0 bridgehead atoms. The summed E-state index contributed by atoms with van der Waals surface area (Å²) in [5, 5.41) is 5.77. The van der Waals surface area contributed by atoms with Crippen molar-refractivity contribution < 1.29 is 0 Å². The molecular weight excluding hydrogens is 404 g/mol. The minimum absolute atomic E-state index is 0.670. The number of nitrogens with zero attached hydrogens (tertiary/aromatic N) is 4. The molecule has 3 aromatic heterocycles. The number of pyridine rings is 1. The summed E-state index contributed by atoms with van der Waals surface area (Å²) in [6.45, 7) is 0. The van der Waals surface area contributed by atoms with Gasteiger partial charge in [-0.15, -0.1) is 0 Å². The highest BCUT2D eigenvalue weighted by molar-refractivity contribution is 6.14. The van der Waals surface area contributed by atoms with E-state index in [0.717, 1.165) is 27.8 Å². The molecule has 0 atom stereocenters. The van der Waals surface area contributed by atoms with Crippen molar-refractivity contribution in [2.24, 2.45) is 0 Å². The predicted molar refractivity (Wildman–Crippen MR) is 135 cm³/mol. The first-order valence-corrected chi connectivity index (χ1v) is 11.0. The van der Waals surface area contributed by atoms with Gasteiger partial charge in [-0.1, -0.05) is 72.8 Å². The summed E-state index contributed by atoms with van der Waals surface area (Å²) < 4.78 is 2.26. The fourth-order valence-electron chi connectivity index (χ4n) is 4.72. The van der Waals surface area contributed by atoms with E-state index in [1.165, 1.54) is 21.5 Å². The second-order valence-corrected chi connectivity index (χ2v) is 8.18. The molecule has 154 valence electrons. The number of hydrogen-bond acceptors (Lipinski definition) is 3. The van der Waals surface area contributed by atoms with Gasteiger partial charge in [0.1, 0.15) is 0 Å². The van der Waals surface area contributed by atoms with E-state index in [1.807, 2.05) is 42.5 Å². The van der Waals surface area contributed by atoms with Gasteiger partial charge in [-0.3, -0.25) is 4.57 Å². The molecule has 0 spiro atoms. The maximum Gasteiger partial charge on any atom is 0.165 e. The van der Waals surface area contributed by atoms with E-state index in [1.54, 1.807) is 6.20 Å². The lowest BCUT2D eigenvalue weighted by molar-refractivity contribution is 1.07. The molecule has 4 aromatic carbocycles.